The molecule has 1 aliphatic rings. The van der Waals surface area contributed by atoms with Gasteiger partial charge in [-0.1, -0.05) is 18.2 Å². The molecule has 1 unspecified atom stereocenters. The second kappa shape index (κ2) is 12.0. The van der Waals surface area contributed by atoms with Crippen LogP contribution in [-0.4, -0.2) is 48.3 Å². The molecule has 3 aromatic rings. The van der Waals surface area contributed by atoms with Crippen LogP contribution in [0, 0.1) is 5.82 Å². The molecule has 0 spiro atoms. The van der Waals surface area contributed by atoms with E-state index in [1.54, 1.807) is 48.4 Å². The lowest BCUT2D eigenvalue weighted by Crippen LogP contribution is -2.58. The standard InChI is InChI=1S/C30H33FN4O4S/c1-19(2)35(22-13-15-23(39-5)16-14-22)26(36)18-34-24-11-6-7-12-25(24)40-30(3,4)27(28(34)37)33-29(38)32-21-10-8-9-20(31)17-21/h6-17,19,27H,18H2,1-5H3,(H2,32,33,38). The fraction of sp³-hybridized carbons (Fsp3) is 0.300. The van der Waals surface area contributed by atoms with Crippen molar-refractivity contribution in [1.29, 1.82) is 0 Å². The molecular weight excluding hydrogens is 531 g/mol. The molecular formula is C30H33FN4O4S. The van der Waals surface area contributed by atoms with E-state index < -0.39 is 28.5 Å². The third-order valence-corrected chi connectivity index (χ3v) is 7.85. The van der Waals surface area contributed by atoms with Gasteiger partial charge in [-0.05, 0) is 82.3 Å². The molecule has 4 rings (SSSR count). The molecule has 4 amide bonds. The summed E-state index contributed by atoms with van der Waals surface area (Å²) < 4.78 is 18.1. The van der Waals surface area contributed by atoms with E-state index in [-0.39, 0.29) is 24.2 Å². The number of nitrogens with one attached hydrogen (secondary N) is 2. The van der Waals surface area contributed by atoms with E-state index in [4.69, 9.17) is 4.74 Å². The van der Waals surface area contributed by atoms with Crippen LogP contribution in [0.2, 0.25) is 0 Å². The Labute approximate surface area is 237 Å². The van der Waals surface area contributed by atoms with Crippen molar-refractivity contribution in [2.45, 2.75) is 49.4 Å². The SMILES string of the molecule is COc1ccc(N(C(=O)CN2C(=O)C(NC(=O)Nc3cccc(F)c3)C(C)(C)Sc3ccccc32)C(C)C)cc1. The average Bonchev–Trinajstić information content (AvgIpc) is 2.97. The van der Waals surface area contributed by atoms with Gasteiger partial charge in [-0.25, -0.2) is 9.18 Å². The van der Waals surface area contributed by atoms with Crippen molar-refractivity contribution >= 4 is 46.7 Å². The highest BCUT2D eigenvalue weighted by molar-refractivity contribution is 8.01. The second-order valence-corrected chi connectivity index (χ2v) is 11.9. The Morgan fingerprint density at radius 2 is 1.77 bits per heavy atom. The summed E-state index contributed by atoms with van der Waals surface area (Å²) in [6.45, 7) is 7.30. The van der Waals surface area contributed by atoms with Gasteiger partial charge < -0.3 is 25.2 Å². The molecule has 0 fully saturated rings. The Balaban J connectivity index is 1.64. The first kappa shape index (κ1) is 28.9. The Kier molecular flexibility index (Phi) is 8.68. The number of nitrogens with zero attached hydrogens (tertiary/aromatic N) is 2. The van der Waals surface area contributed by atoms with Gasteiger partial charge in [0.1, 0.15) is 24.2 Å². The molecule has 0 aliphatic carbocycles. The number of anilines is 3. The number of thioether (sulfide) groups is 1. The Morgan fingerprint density at radius 3 is 2.42 bits per heavy atom. The minimum atomic E-state index is -1.00. The fourth-order valence-electron chi connectivity index (χ4n) is 4.63. The van der Waals surface area contributed by atoms with Gasteiger partial charge in [0, 0.05) is 27.1 Å². The molecule has 210 valence electrons. The third kappa shape index (κ3) is 6.39. The van der Waals surface area contributed by atoms with Crippen molar-refractivity contribution in [3.05, 3.63) is 78.6 Å². The monoisotopic (exact) mass is 564 g/mol. The van der Waals surface area contributed by atoms with E-state index in [1.165, 1.54) is 34.9 Å². The Morgan fingerprint density at radius 1 is 1.07 bits per heavy atom. The van der Waals surface area contributed by atoms with Crippen LogP contribution in [0.1, 0.15) is 27.7 Å². The zero-order valence-electron chi connectivity index (χ0n) is 23.1. The maximum atomic E-state index is 14.1. The molecule has 8 nitrogen and oxygen atoms in total. The number of methoxy groups -OCH3 is 1. The average molecular weight is 565 g/mol. The molecule has 10 heteroatoms. The van der Waals surface area contributed by atoms with Crippen molar-refractivity contribution in [2.75, 3.05) is 28.8 Å². The van der Waals surface area contributed by atoms with Crippen LogP contribution in [0.3, 0.4) is 0 Å². The fourth-order valence-corrected chi connectivity index (χ4v) is 5.90. The number of ether oxygens (including phenoxy) is 1. The topological polar surface area (TPSA) is 91.0 Å². The van der Waals surface area contributed by atoms with Crippen molar-refractivity contribution in [3.63, 3.8) is 0 Å². The number of amides is 4. The minimum absolute atomic E-state index is 0.185. The molecule has 0 saturated heterocycles. The molecule has 2 N–H and O–H groups in total. The maximum absolute atomic E-state index is 14.1. The quantitative estimate of drug-likeness (QED) is 0.385. The smallest absolute Gasteiger partial charge is 0.319 e. The number of urea groups is 1. The van der Waals surface area contributed by atoms with E-state index in [1.807, 2.05) is 45.9 Å². The summed E-state index contributed by atoms with van der Waals surface area (Å²) >= 11 is 1.44. The predicted molar refractivity (Wildman–Crippen MR) is 157 cm³/mol. The molecule has 0 radical (unpaired) electrons. The van der Waals surface area contributed by atoms with Crippen molar-refractivity contribution < 1.29 is 23.5 Å². The molecule has 1 aliphatic heterocycles. The first-order valence-electron chi connectivity index (χ1n) is 12.9. The number of halogens is 1. The number of carbonyl (C=O) groups excluding carboxylic acids is 3. The summed E-state index contributed by atoms with van der Waals surface area (Å²) in [6, 6.07) is 18.2. The molecule has 40 heavy (non-hydrogen) atoms. The highest BCUT2D eigenvalue weighted by Crippen LogP contribution is 2.44. The summed E-state index contributed by atoms with van der Waals surface area (Å²) in [6.07, 6.45) is 0. The molecule has 1 atom stereocenters. The van der Waals surface area contributed by atoms with Crippen LogP contribution in [0.25, 0.3) is 0 Å². The lowest BCUT2D eigenvalue weighted by molar-refractivity contribution is -0.124. The summed E-state index contributed by atoms with van der Waals surface area (Å²) in [4.78, 5) is 44.8. The first-order valence-corrected chi connectivity index (χ1v) is 13.7. The van der Waals surface area contributed by atoms with Crippen LogP contribution in [-0.2, 0) is 9.59 Å². The highest BCUT2D eigenvalue weighted by Gasteiger charge is 2.44. The van der Waals surface area contributed by atoms with Gasteiger partial charge in [0.05, 0.1) is 12.8 Å². The maximum Gasteiger partial charge on any atom is 0.319 e. The summed E-state index contributed by atoms with van der Waals surface area (Å²) in [5, 5.41) is 5.37. The molecule has 0 aromatic heterocycles. The number of para-hydroxylation sites is 1. The van der Waals surface area contributed by atoms with Gasteiger partial charge in [0.25, 0.3) is 5.91 Å². The van der Waals surface area contributed by atoms with Crippen molar-refractivity contribution in [2.24, 2.45) is 0 Å². The van der Waals surface area contributed by atoms with Crippen LogP contribution in [0.4, 0.5) is 26.2 Å². The zero-order chi connectivity index (χ0) is 29.0. The van der Waals surface area contributed by atoms with Gasteiger partial charge in [0.15, 0.2) is 0 Å². The van der Waals surface area contributed by atoms with Crippen LogP contribution < -0.4 is 25.2 Å². The van der Waals surface area contributed by atoms with Gasteiger partial charge in [-0.2, -0.15) is 0 Å². The highest BCUT2D eigenvalue weighted by atomic mass is 32.2. The zero-order valence-corrected chi connectivity index (χ0v) is 23.9. The third-order valence-electron chi connectivity index (χ3n) is 6.52. The van der Waals surface area contributed by atoms with E-state index in [9.17, 15) is 18.8 Å². The summed E-state index contributed by atoms with van der Waals surface area (Å²) in [5.74, 6) is -0.535. The molecule has 3 aromatic carbocycles. The number of hydrogen-bond donors (Lipinski definition) is 2. The summed E-state index contributed by atoms with van der Waals surface area (Å²) in [5.41, 5.74) is 1.52. The second-order valence-electron chi connectivity index (χ2n) is 10.2. The number of rotatable bonds is 7. The Hall–Kier alpha value is -4.05. The summed E-state index contributed by atoms with van der Waals surface area (Å²) in [7, 11) is 1.57. The van der Waals surface area contributed by atoms with E-state index in [0.717, 1.165) is 4.90 Å². The predicted octanol–water partition coefficient (Wildman–Crippen LogP) is 5.68. The number of fused-ring (bicyclic) bond motifs is 1. The van der Waals surface area contributed by atoms with Gasteiger partial charge in [-0.15, -0.1) is 11.8 Å². The normalized spacial score (nSPS) is 16.1. The number of carbonyl (C=O) groups is 3. The largest absolute Gasteiger partial charge is 0.497 e. The lowest BCUT2D eigenvalue weighted by Gasteiger charge is -2.34. The van der Waals surface area contributed by atoms with Crippen LogP contribution in [0.5, 0.6) is 5.75 Å². The van der Waals surface area contributed by atoms with E-state index in [2.05, 4.69) is 10.6 Å². The van der Waals surface area contributed by atoms with Gasteiger partial charge in [-0.3, -0.25) is 9.59 Å². The van der Waals surface area contributed by atoms with Gasteiger partial charge in [0.2, 0.25) is 5.91 Å². The van der Waals surface area contributed by atoms with Crippen molar-refractivity contribution in [1.82, 2.24) is 5.32 Å². The molecule has 0 bridgehead atoms. The van der Waals surface area contributed by atoms with Crippen molar-refractivity contribution in [3.8, 4) is 5.75 Å². The van der Waals surface area contributed by atoms with Gasteiger partial charge >= 0.3 is 6.03 Å². The lowest BCUT2D eigenvalue weighted by atomic mass is 10.0. The molecule has 0 saturated carbocycles. The van der Waals surface area contributed by atoms with E-state index >= 15 is 0 Å². The minimum Gasteiger partial charge on any atom is -0.497 e. The van der Waals surface area contributed by atoms with E-state index in [0.29, 0.717) is 17.1 Å². The number of hydrogen-bond acceptors (Lipinski definition) is 5. The Bertz CT molecular complexity index is 1400. The van der Waals surface area contributed by atoms with Crippen LogP contribution >= 0.6 is 11.8 Å². The number of benzene rings is 3. The molecule has 1 heterocycles. The first-order chi connectivity index (χ1) is 19.0. The van der Waals surface area contributed by atoms with Crippen LogP contribution in [0.15, 0.2) is 77.7 Å².